The smallest absolute Gasteiger partial charge is 0.152 e. The molecule has 36 heavy (non-hydrogen) atoms. The maximum Gasteiger partial charge on any atom is 0.152 e. The molecule has 3 aliphatic heterocycles. The van der Waals surface area contributed by atoms with E-state index in [0.29, 0.717) is 0 Å². The topological polar surface area (TPSA) is 42.5 Å². The van der Waals surface area contributed by atoms with Gasteiger partial charge in [0.1, 0.15) is 0 Å². The first-order valence-corrected chi connectivity index (χ1v) is 14.2. The number of rotatable bonds is 7. The standard InChI is InChI=1S/C28H43N5O2.ClH/c34-22-24-8-7-23(21-29-17-19-35-20-18-29)27(32-13-9-30(10-14-32)25-3-1-4-25)28(24)33-15-11-31(12-16-33)26-5-2-6-26;/h7-8,22,25-26H,1-6,9-21H2;1H. The van der Waals surface area contributed by atoms with Crippen LogP contribution in [0, 0.1) is 0 Å². The van der Waals surface area contributed by atoms with Gasteiger partial charge in [-0.15, -0.1) is 12.4 Å². The van der Waals surface area contributed by atoms with E-state index in [1.54, 1.807) is 0 Å². The summed E-state index contributed by atoms with van der Waals surface area (Å²) in [4.78, 5) is 25.4. The van der Waals surface area contributed by atoms with Gasteiger partial charge in [0.05, 0.1) is 24.6 Å². The average Bonchev–Trinajstić information content (AvgIpc) is 2.83. The van der Waals surface area contributed by atoms with Crippen molar-refractivity contribution in [1.82, 2.24) is 14.7 Å². The Morgan fingerprint density at radius 2 is 1.25 bits per heavy atom. The van der Waals surface area contributed by atoms with Gasteiger partial charge in [0.15, 0.2) is 6.29 Å². The Balaban J connectivity index is 0.00000267. The fraction of sp³-hybridized carbons (Fsp3) is 0.750. The van der Waals surface area contributed by atoms with Gasteiger partial charge < -0.3 is 14.5 Å². The van der Waals surface area contributed by atoms with Crippen LogP contribution in [0.15, 0.2) is 12.1 Å². The van der Waals surface area contributed by atoms with Gasteiger partial charge in [-0.05, 0) is 37.3 Å². The first-order valence-electron chi connectivity index (χ1n) is 14.2. The van der Waals surface area contributed by atoms with Gasteiger partial charge in [-0.1, -0.05) is 18.9 Å². The highest BCUT2D eigenvalue weighted by atomic mass is 35.5. The zero-order valence-corrected chi connectivity index (χ0v) is 22.6. The van der Waals surface area contributed by atoms with E-state index in [2.05, 4.69) is 36.6 Å². The number of halogens is 1. The van der Waals surface area contributed by atoms with Crippen molar-refractivity contribution in [3.05, 3.63) is 23.3 Å². The number of morpholine rings is 1. The van der Waals surface area contributed by atoms with Crippen molar-refractivity contribution in [3.63, 3.8) is 0 Å². The van der Waals surface area contributed by atoms with Crippen LogP contribution in [0.2, 0.25) is 0 Å². The van der Waals surface area contributed by atoms with Gasteiger partial charge in [-0.2, -0.15) is 0 Å². The number of ether oxygens (including phenoxy) is 1. The molecule has 0 aromatic heterocycles. The number of hydrogen-bond donors (Lipinski definition) is 0. The number of piperazine rings is 2. The second-order valence-electron chi connectivity index (χ2n) is 11.2. The lowest BCUT2D eigenvalue weighted by molar-refractivity contribution is 0.0342. The summed E-state index contributed by atoms with van der Waals surface area (Å²) in [6.45, 7) is 13.2. The van der Waals surface area contributed by atoms with Crippen LogP contribution in [0.3, 0.4) is 0 Å². The molecule has 7 nitrogen and oxygen atoms in total. The van der Waals surface area contributed by atoms with Crippen molar-refractivity contribution < 1.29 is 9.53 Å². The van der Waals surface area contributed by atoms with E-state index in [9.17, 15) is 4.79 Å². The molecule has 2 aliphatic carbocycles. The molecule has 0 amide bonds. The SMILES string of the molecule is Cl.O=Cc1ccc(CN2CCOCC2)c(N2CCN(C3CCC3)CC2)c1N1CCN(C2CCC2)CC1. The predicted molar refractivity (Wildman–Crippen MR) is 148 cm³/mol. The van der Waals surface area contributed by atoms with E-state index in [0.717, 1.165) is 109 Å². The molecular weight excluding hydrogens is 474 g/mol. The van der Waals surface area contributed by atoms with Crippen molar-refractivity contribution in [2.75, 3.05) is 88.5 Å². The summed E-state index contributed by atoms with van der Waals surface area (Å²) in [5.74, 6) is 0. The first kappa shape index (κ1) is 26.2. The number of aldehydes is 1. The molecule has 0 radical (unpaired) electrons. The zero-order chi connectivity index (χ0) is 23.6. The van der Waals surface area contributed by atoms with Crippen LogP contribution in [-0.2, 0) is 11.3 Å². The number of carbonyl (C=O) groups excluding carboxylic acids is 1. The zero-order valence-electron chi connectivity index (χ0n) is 21.8. The van der Waals surface area contributed by atoms with E-state index in [-0.39, 0.29) is 12.4 Å². The van der Waals surface area contributed by atoms with Crippen LogP contribution >= 0.6 is 12.4 Å². The Kier molecular flexibility index (Phi) is 8.74. The summed E-state index contributed by atoms with van der Waals surface area (Å²) in [6, 6.07) is 5.94. The Labute approximate surface area is 223 Å². The Hall–Kier alpha value is -1.38. The predicted octanol–water partition coefficient (Wildman–Crippen LogP) is 3.10. The summed E-state index contributed by atoms with van der Waals surface area (Å²) in [6.07, 6.45) is 9.36. The molecule has 200 valence electrons. The molecule has 8 heteroatoms. The molecule has 0 N–H and O–H groups in total. The summed E-state index contributed by atoms with van der Waals surface area (Å²) >= 11 is 0. The molecule has 0 bridgehead atoms. The number of benzene rings is 1. The monoisotopic (exact) mass is 517 g/mol. The van der Waals surface area contributed by atoms with Crippen molar-refractivity contribution in [1.29, 1.82) is 0 Å². The molecule has 0 unspecified atom stereocenters. The van der Waals surface area contributed by atoms with Crippen molar-refractivity contribution in [2.45, 2.75) is 57.2 Å². The highest BCUT2D eigenvalue weighted by Crippen LogP contribution is 2.39. The van der Waals surface area contributed by atoms with Crippen LogP contribution in [0.1, 0.15) is 54.4 Å². The Morgan fingerprint density at radius 3 is 1.72 bits per heavy atom. The van der Waals surface area contributed by atoms with Gasteiger partial charge >= 0.3 is 0 Å². The van der Waals surface area contributed by atoms with Crippen LogP contribution in [0.25, 0.3) is 0 Å². The molecule has 2 saturated carbocycles. The lowest BCUT2D eigenvalue weighted by atomic mass is 9.91. The maximum absolute atomic E-state index is 12.3. The summed E-state index contributed by atoms with van der Waals surface area (Å²) in [7, 11) is 0. The normalized spacial score (nSPS) is 25.2. The maximum atomic E-state index is 12.3. The first-order chi connectivity index (χ1) is 17.3. The molecule has 0 spiro atoms. The van der Waals surface area contributed by atoms with E-state index >= 15 is 0 Å². The van der Waals surface area contributed by atoms with Crippen LogP contribution < -0.4 is 9.80 Å². The lowest BCUT2D eigenvalue weighted by Gasteiger charge is -2.47. The minimum atomic E-state index is 0. The molecular formula is C28H44ClN5O2. The second kappa shape index (κ2) is 12.0. The number of nitrogens with zero attached hydrogens (tertiary/aromatic N) is 5. The molecule has 1 aromatic rings. The molecule has 6 rings (SSSR count). The van der Waals surface area contributed by atoms with Crippen LogP contribution in [0.5, 0.6) is 0 Å². The van der Waals surface area contributed by atoms with Crippen molar-refractivity contribution in [3.8, 4) is 0 Å². The lowest BCUT2D eigenvalue weighted by Crippen LogP contribution is -2.54. The molecule has 0 atom stereocenters. The molecule has 3 saturated heterocycles. The van der Waals surface area contributed by atoms with Crippen LogP contribution in [0.4, 0.5) is 11.4 Å². The van der Waals surface area contributed by atoms with Crippen LogP contribution in [-0.4, -0.2) is 112 Å². The summed E-state index contributed by atoms with van der Waals surface area (Å²) in [5.41, 5.74) is 4.79. The average molecular weight is 518 g/mol. The third kappa shape index (κ3) is 5.41. The van der Waals surface area contributed by atoms with Crippen molar-refractivity contribution in [2.24, 2.45) is 0 Å². The van der Waals surface area contributed by atoms with Gasteiger partial charge in [0, 0.05) is 89.6 Å². The second-order valence-corrected chi connectivity index (χ2v) is 11.2. The van der Waals surface area contributed by atoms with Gasteiger partial charge in [-0.25, -0.2) is 0 Å². The molecule has 1 aromatic carbocycles. The molecule has 5 aliphatic rings. The minimum absolute atomic E-state index is 0. The highest BCUT2D eigenvalue weighted by molar-refractivity contribution is 5.93. The number of hydrogen-bond acceptors (Lipinski definition) is 7. The Bertz CT molecular complexity index is 871. The van der Waals surface area contributed by atoms with Crippen molar-refractivity contribution >= 4 is 30.1 Å². The van der Waals surface area contributed by atoms with E-state index in [4.69, 9.17) is 4.74 Å². The van der Waals surface area contributed by atoms with E-state index < -0.39 is 0 Å². The van der Waals surface area contributed by atoms with Gasteiger partial charge in [0.25, 0.3) is 0 Å². The van der Waals surface area contributed by atoms with E-state index in [1.807, 2.05) is 0 Å². The number of anilines is 2. The van der Waals surface area contributed by atoms with E-state index in [1.165, 1.54) is 55.5 Å². The fourth-order valence-electron chi connectivity index (χ4n) is 6.67. The molecule has 3 heterocycles. The summed E-state index contributed by atoms with van der Waals surface area (Å²) < 4.78 is 5.62. The molecule has 5 fully saturated rings. The largest absolute Gasteiger partial charge is 0.379 e. The highest BCUT2D eigenvalue weighted by Gasteiger charge is 2.33. The quantitative estimate of drug-likeness (QED) is 0.515. The Morgan fingerprint density at radius 1 is 0.722 bits per heavy atom. The number of carbonyl (C=O) groups is 1. The van der Waals surface area contributed by atoms with Gasteiger partial charge in [-0.3, -0.25) is 19.5 Å². The fourth-order valence-corrected chi connectivity index (χ4v) is 6.67. The third-order valence-corrected chi connectivity index (χ3v) is 9.33. The van der Waals surface area contributed by atoms with Gasteiger partial charge in [0.2, 0.25) is 0 Å². The minimum Gasteiger partial charge on any atom is -0.379 e. The third-order valence-electron chi connectivity index (χ3n) is 9.33. The summed E-state index contributed by atoms with van der Waals surface area (Å²) in [5, 5.41) is 0.